The van der Waals surface area contributed by atoms with Crippen molar-refractivity contribution in [1.29, 1.82) is 5.26 Å². The second-order valence-corrected chi connectivity index (χ2v) is 6.21. The van der Waals surface area contributed by atoms with E-state index in [1.54, 1.807) is 38.5 Å². The molecule has 2 aromatic rings. The predicted octanol–water partition coefficient (Wildman–Crippen LogP) is 3.07. The Labute approximate surface area is 153 Å². The Kier molecular flexibility index (Phi) is 5.37. The lowest BCUT2D eigenvalue weighted by atomic mass is 9.89. The third-order valence-corrected chi connectivity index (χ3v) is 4.64. The molecule has 0 bridgehead atoms. The number of piperidine rings is 1. The summed E-state index contributed by atoms with van der Waals surface area (Å²) in [5.74, 6) is 1.84. The second-order valence-electron chi connectivity index (χ2n) is 6.21. The number of benzene rings is 1. The van der Waals surface area contributed by atoms with Crippen LogP contribution in [0.15, 0.2) is 36.4 Å². The number of anilines is 1. The molecule has 0 aliphatic carbocycles. The average molecular weight is 351 g/mol. The van der Waals surface area contributed by atoms with Gasteiger partial charge in [0.1, 0.15) is 29.1 Å². The molecule has 0 saturated carbocycles. The molecular weight excluding hydrogens is 330 g/mol. The maximum atomic E-state index is 13.1. The molecule has 0 spiro atoms. The zero-order valence-electron chi connectivity index (χ0n) is 14.9. The number of carbonyl (C=O) groups excluding carboxylic acids is 1. The third kappa shape index (κ3) is 3.62. The quantitative estimate of drug-likeness (QED) is 0.771. The minimum Gasteiger partial charge on any atom is -0.497 e. The van der Waals surface area contributed by atoms with Crippen molar-refractivity contribution in [1.82, 2.24) is 4.98 Å². The molecule has 134 valence electrons. The van der Waals surface area contributed by atoms with Gasteiger partial charge in [-0.25, -0.2) is 4.98 Å². The Bertz CT molecular complexity index is 844. The van der Waals surface area contributed by atoms with Crippen LogP contribution in [0.25, 0.3) is 0 Å². The summed E-state index contributed by atoms with van der Waals surface area (Å²) >= 11 is 0. The Balaban J connectivity index is 1.81. The lowest BCUT2D eigenvalue weighted by Crippen LogP contribution is -2.39. The van der Waals surface area contributed by atoms with Gasteiger partial charge in [0.15, 0.2) is 5.78 Å². The van der Waals surface area contributed by atoms with E-state index in [-0.39, 0.29) is 11.7 Å². The number of Topliss-reactive ketones (excluding diaryl/α,β-unsaturated/α-hetero) is 1. The van der Waals surface area contributed by atoms with Gasteiger partial charge >= 0.3 is 0 Å². The minimum atomic E-state index is -0.140. The van der Waals surface area contributed by atoms with Crippen LogP contribution in [0, 0.1) is 17.2 Å². The van der Waals surface area contributed by atoms with Gasteiger partial charge in [-0.2, -0.15) is 5.26 Å². The zero-order valence-corrected chi connectivity index (χ0v) is 14.9. The molecule has 1 aromatic heterocycles. The lowest BCUT2D eigenvalue weighted by molar-refractivity contribution is 0.0904. The fraction of sp³-hybridized carbons (Fsp3) is 0.350. The number of aromatic nitrogens is 1. The number of ether oxygens (including phenoxy) is 2. The van der Waals surface area contributed by atoms with Crippen LogP contribution in [0.4, 0.5) is 5.82 Å². The first-order valence-electron chi connectivity index (χ1n) is 8.54. The molecule has 0 unspecified atom stereocenters. The molecule has 0 amide bonds. The van der Waals surface area contributed by atoms with Gasteiger partial charge in [0.2, 0.25) is 0 Å². The maximum absolute atomic E-state index is 13.1. The van der Waals surface area contributed by atoms with E-state index in [0.29, 0.717) is 29.3 Å². The number of nitriles is 1. The van der Waals surface area contributed by atoms with Crippen LogP contribution in [0.5, 0.6) is 11.5 Å². The number of hydrogen-bond donors (Lipinski definition) is 0. The number of carbonyl (C=O) groups is 1. The van der Waals surface area contributed by atoms with E-state index in [2.05, 4.69) is 16.0 Å². The van der Waals surface area contributed by atoms with Crippen molar-refractivity contribution in [2.24, 2.45) is 5.92 Å². The molecule has 0 N–H and O–H groups in total. The van der Waals surface area contributed by atoms with Crippen LogP contribution in [0.3, 0.4) is 0 Å². The van der Waals surface area contributed by atoms with Crippen LogP contribution in [0.1, 0.15) is 28.9 Å². The molecule has 1 aromatic carbocycles. The molecule has 1 fully saturated rings. The summed E-state index contributed by atoms with van der Waals surface area (Å²) < 4.78 is 10.6. The number of rotatable bonds is 5. The first kappa shape index (κ1) is 17.7. The number of ketones is 1. The first-order valence-corrected chi connectivity index (χ1v) is 8.54. The molecular formula is C20H21N3O3. The van der Waals surface area contributed by atoms with Gasteiger partial charge in [0.05, 0.1) is 19.8 Å². The summed E-state index contributed by atoms with van der Waals surface area (Å²) in [5.41, 5.74) is 0.951. The van der Waals surface area contributed by atoms with E-state index in [9.17, 15) is 4.79 Å². The molecule has 1 aliphatic heterocycles. The molecule has 2 heterocycles. The monoisotopic (exact) mass is 351 g/mol. The number of hydrogen-bond acceptors (Lipinski definition) is 6. The van der Waals surface area contributed by atoms with Crippen LogP contribution < -0.4 is 14.4 Å². The highest BCUT2D eigenvalue weighted by molar-refractivity contribution is 6.01. The second kappa shape index (κ2) is 7.87. The zero-order chi connectivity index (χ0) is 18.5. The van der Waals surface area contributed by atoms with Crippen molar-refractivity contribution >= 4 is 11.6 Å². The third-order valence-electron chi connectivity index (χ3n) is 4.64. The van der Waals surface area contributed by atoms with Gasteiger partial charge in [-0.05, 0) is 37.1 Å². The molecule has 0 radical (unpaired) electrons. The molecule has 3 rings (SSSR count). The van der Waals surface area contributed by atoms with Gasteiger partial charge in [-0.1, -0.05) is 6.07 Å². The van der Waals surface area contributed by atoms with Gasteiger partial charge in [-0.15, -0.1) is 0 Å². The largest absolute Gasteiger partial charge is 0.497 e. The van der Waals surface area contributed by atoms with Gasteiger partial charge in [0.25, 0.3) is 0 Å². The summed E-state index contributed by atoms with van der Waals surface area (Å²) in [6.07, 6.45) is 1.72. The highest BCUT2D eigenvalue weighted by atomic mass is 16.5. The fourth-order valence-corrected chi connectivity index (χ4v) is 3.28. The summed E-state index contributed by atoms with van der Waals surface area (Å²) in [6.45, 7) is 1.40. The van der Waals surface area contributed by atoms with Crippen LogP contribution in [-0.2, 0) is 0 Å². The molecule has 1 aliphatic rings. The lowest BCUT2D eigenvalue weighted by Gasteiger charge is -2.33. The predicted molar refractivity (Wildman–Crippen MR) is 97.8 cm³/mol. The molecule has 1 saturated heterocycles. The maximum Gasteiger partial charge on any atom is 0.171 e. The van der Waals surface area contributed by atoms with E-state index < -0.39 is 0 Å². The number of pyridine rings is 1. The Morgan fingerprint density at radius 3 is 2.85 bits per heavy atom. The molecule has 26 heavy (non-hydrogen) atoms. The minimum absolute atomic E-state index is 0.0608. The summed E-state index contributed by atoms with van der Waals surface area (Å²) in [6, 6.07) is 12.7. The van der Waals surface area contributed by atoms with Crippen molar-refractivity contribution in [3.63, 3.8) is 0 Å². The number of methoxy groups -OCH3 is 2. The van der Waals surface area contributed by atoms with Crippen LogP contribution in [0.2, 0.25) is 0 Å². The SMILES string of the molecule is COc1ccc(C(=O)[C@@H]2CCCN(c3cccc(C#N)n3)C2)c(OC)c1. The fourth-order valence-electron chi connectivity index (χ4n) is 3.28. The summed E-state index contributed by atoms with van der Waals surface area (Å²) in [5, 5.41) is 9.04. The Morgan fingerprint density at radius 2 is 2.12 bits per heavy atom. The highest BCUT2D eigenvalue weighted by Gasteiger charge is 2.29. The first-order chi connectivity index (χ1) is 12.7. The van der Waals surface area contributed by atoms with E-state index in [4.69, 9.17) is 14.7 Å². The highest BCUT2D eigenvalue weighted by Crippen LogP contribution is 2.30. The van der Waals surface area contributed by atoms with E-state index in [0.717, 1.165) is 25.2 Å². The van der Waals surface area contributed by atoms with Crippen LogP contribution in [-0.4, -0.2) is 38.1 Å². The van der Waals surface area contributed by atoms with E-state index in [1.165, 1.54) is 0 Å². The summed E-state index contributed by atoms with van der Waals surface area (Å²) in [4.78, 5) is 19.5. The average Bonchev–Trinajstić information content (AvgIpc) is 2.72. The molecule has 6 nitrogen and oxygen atoms in total. The van der Waals surface area contributed by atoms with Crippen molar-refractivity contribution < 1.29 is 14.3 Å². The Hall–Kier alpha value is -3.07. The van der Waals surface area contributed by atoms with Crippen LogP contribution >= 0.6 is 0 Å². The van der Waals surface area contributed by atoms with Gasteiger partial charge in [-0.3, -0.25) is 4.79 Å². The molecule has 6 heteroatoms. The topological polar surface area (TPSA) is 75.5 Å². The van der Waals surface area contributed by atoms with Crippen molar-refractivity contribution in [2.75, 3.05) is 32.2 Å². The van der Waals surface area contributed by atoms with Crippen molar-refractivity contribution in [3.05, 3.63) is 47.7 Å². The summed E-state index contributed by atoms with van der Waals surface area (Å²) in [7, 11) is 3.13. The molecule has 1 atom stereocenters. The normalized spacial score (nSPS) is 16.7. The van der Waals surface area contributed by atoms with E-state index >= 15 is 0 Å². The standard InChI is InChI=1S/C20H21N3O3/c1-25-16-8-9-17(18(11-16)26-2)20(24)14-5-4-10-23(13-14)19-7-3-6-15(12-21)22-19/h3,6-9,11,14H,4-5,10,13H2,1-2H3/t14-/m1/s1. The van der Waals surface area contributed by atoms with Crippen molar-refractivity contribution in [3.8, 4) is 17.6 Å². The van der Waals surface area contributed by atoms with Gasteiger partial charge < -0.3 is 14.4 Å². The number of nitrogens with zero attached hydrogens (tertiary/aromatic N) is 3. The van der Waals surface area contributed by atoms with Gasteiger partial charge in [0, 0.05) is 25.1 Å². The smallest absolute Gasteiger partial charge is 0.171 e. The Morgan fingerprint density at radius 1 is 1.27 bits per heavy atom. The van der Waals surface area contributed by atoms with Crippen molar-refractivity contribution in [2.45, 2.75) is 12.8 Å². The van der Waals surface area contributed by atoms with E-state index in [1.807, 2.05) is 12.1 Å².